The lowest BCUT2D eigenvalue weighted by atomic mass is 10.2. The Morgan fingerprint density at radius 2 is 2.05 bits per heavy atom. The first kappa shape index (κ1) is 14.8. The number of hydrogen-bond donors (Lipinski definition) is 1. The lowest BCUT2D eigenvalue weighted by Gasteiger charge is -2.08. The molecule has 0 amide bonds. The van der Waals surface area contributed by atoms with Crippen LogP contribution in [0.5, 0.6) is 0 Å². The van der Waals surface area contributed by atoms with Crippen molar-refractivity contribution in [3.8, 4) is 0 Å². The molecule has 1 N–H and O–H groups in total. The topological polar surface area (TPSA) is 94.2 Å². The number of anilines is 1. The summed E-state index contributed by atoms with van der Waals surface area (Å²) in [4.78, 5) is 15.7. The molecular formula is C13H13N3O4S2. The van der Waals surface area contributed by atoms with Gasteiger partial charge in [-0.15, -0.1) is 11.3 Å². The van der Waals surface area contributed by atoms with Crippen LogP contribution in [0.25, 0.3) is 11.1 Å². The van der Waals surface area contributed by atoms with Crippen molar-refractivity contribution in [2.75, 3.05) is 4.72 Å². The zero-order chi connectivity index (χ0) is 16.1. The van der Waals surface area contributed by atoms with Crippen molar-refractivity contribution in [1.29, 1.82) is 0 Å². The van der Waals surface area contributed by atoms with E-state index in [4.69, 9.17) is 4.42 Å². The summed E-state index contributed by atoms with van der Waals surface area (Å²) in [5, 5.41) is 2.05. The van der Waals surface area contributed by atoms with E-state index in [1.54, 1.807) is 32.3 Å². The minimum absolute atomic E-state index is 0.0576. The molecule has 0 unspecified atom stereocenters. The van der Waals surface area contributed by atoms with Gasteiger partial charge < -0.3 is 4.42 Å². The van der Waals surface area contributed by atoms with Crippen LogP contribution < -0.4 is 10.5 Å². The van der Waals surface area contributed by atoms with Gasteiger partial charge in [0.05, 0.1) is 16.1 Å². The quantitative estimate of drug-likeness (QED) is 0.787. The van der Waals surface area contributed by atoms with Crippen molar-refractivity contribution in [3.63, 3.8) is 0 Å². The molecule has 2 aromatic heterocycles. The maximum absolute atomic E-state index is 12.5. The average molecular weight is 339 g/mol. The van der Waals surface area contributed by atoms with Crippen LogP contribution in [-0.4, -0.2) is 18.0 Å². The number of aromatic nitrogens is 2. The van der Waals surface area contributed by atoms with Crippen LogP contribution in [0.1, 0.15) is 11.3 Å². The van der Waals surface area contributed by atoms with Crippen molar-refractivity contribution in [2.24, 2.45) is 7.05 Å². The van der Waals surface area contributed by atoms with Crippen molar-refractivity contribution in [3.05, 3.63) is 39.3 Å². The Hall–Kier alpha value is -2.13. The Morgan fingerprint density at radius 3 is 2.68 bits per heavy atom. The second-order valence-corrected chi connectivity index (χ2v) is 7.42. The third-order valence-corrected chi connectivity index (χ3v) is 5.70. The summed E-state index contributed by atoms with van der Waals surface area (Å²) in [6.45, 7) is 3.45. The maximum Gasteiger partial charge on any atom is 0.419 e. The Balaban J connectivity index is 2.12. The van der Waals surface area contributed by atoms with Gasteiger partial charge in [-0.2, -0.15) is 0 Å². The number of nitrogens with one attached hydrogen (secondary N) is 1. The number of aryl methyl sites for hydroxylation is 3. The van der Waals surface area contributed by atoms with E-state index in [2.05, 4.69) is 9.71 Å². The lowest BCUT2D eigenvalue weighted by Crippen LogP contribution is -2.14. The summed E-state index contributed by atoms with van der Waals surface area (Å²) in [7, 11) is -2.23. The van der Waals surface area contributed by atoms with Crippen LogP contribution in [0.3, 0.4) is 0 Å². The van der Waals surface area contributed by atoms with E-state index in [1.165, 1.54) is 22.0 Å². The number of rotatable bonds is 3. The van der Waals surface area contributed by atoms with Gasteiger partial charge in [-0.1, -0.05) is 0 Å². The van der Waals surface area contributed by atoms with Gasteiger partial charge in [-0.05, 0) is 25.5 Å². The van der Waals surface area contributed by atoms with Gasteiger partial charge in [0.2, 0.25) is 0 Å². The van der Waals surface area contributed by atoms with Crippen LogP contribution >= 0.6 is 11.3 Å². The number of hydrogen-bond acceptors (Lipinski definition) is 6. The Kier molecular flexibility index (Phi) is 3.33. The minimum Gasteiger partial charge on any atom is -0.408 e. The number of benzene rings is 1. The van der Waals surface area contributed by atoms with E-state index in [9.17, 15) is 13.2 Å². The van der Waals surface area contributed by atoms with Gasteiger partial charge in [0.15, 0.2) is 10.7 Å². The summed E-state index contributed by atoms with van der Waals surface area (Å²) >= 11 is 1.21. The van der Waals surface area contributed by atoms with E-state index >= 15 is 0 Å². The monoisotopic (exact) mass is 339 g/mol. The molecule has 0 aliphatic rings. The van der Waals surface area contributed by atoms with Crippen LogP contribution in [-0.2, 0) is 17.1 Å². The van der Waals surface area contributed by atoms with Crippen molar-refractivity contribution < 1.29 is 12.8 Å². The lowest BCUT2D eigenvalue weighted by molar-refractivity contribution is 0.527. The normalized spacial score (nSPS) is 12.0. The largest absolute Gasteiger partial charge is 0.419 e. The molecule has 0 aliphatic carbocycles. The Bertz CT molecular complexity index is 1030. The van der Waals surface area contributed by atoms with Gasteiger partial charge in [-0.25, -0.2) is 18.2 Å². The standard InChI is InChI=1S/C13H13N3O4S2/c1-7-4-9-10(20-13(17)16(9)3)5-11(7)22(18,19)15-12-14-8(2)6-21-12/h4-6H,1-3H3,(H,14,15). The zero-order valence-electron chi connectivity index (χ0n) is 12.1. The fourth-order valence-electron chi connectivity index (χ4n) is 2.12. The highest BCUT2D eigenvalue weighted by molar-refractivity contribution is 7.93. The molecule has 1 aromatic carbocycles. The maximum atomic E-state index is 12.5. The third-order valence-electron chi connectivity index (χ3n) is 3.22. The molecule has 3 rings (SSSR count). The molecular weight excluding hydrogens is 326 g/mol. The predicted molar refractivity (Wildman–Crippen MR) is 83.9 cm³/mol. The third kappa shape index (κ3) is 2.42. The summed E-state index contributed by atoms with van der Waals surface area (Å²) in [5.74, 6) is -0.535. The molecule has 22 heavy (non-hydrogen) atoms. The number of fused-ring (bicyclic) bond motifs is 1. The minimum atomic E-state index is -3.80. The summed E-state index contributed by atoms with van der Waals surface area (Å²) in [6.07, 6.45) is 0. The molecule has 2 heterocycles. The Labute approximate surface area is 130 Å². The van der Waals surface area contributed by atoms with E-state index in [1.807, 2.05) is 0 Å². The van der Waals surface area contributed by atoms with Crippen molar-refractivity contribution in [1.82, 2.24) is 9.55 Å². The van der Waals surface area contributed by atoms with Crippen LogP contribution in [0.2, 0.25) is 0 Å². The second-order valence-electron chi connectivity index (χ2n) is 4.91. The summed E-state index contributed by atoms with van der Waals surface area (Å²) in [5.41, 5.74) is 2.04. The summed E-state index contributed by atoms with van der Waals surface area (Å²) < 4.78 is 33.8. The first-order chi connectivity index (χ1) is 10.3. The van der Waals surface area contributed by atoms with E-state index < -0.39 is 15.8 Å². The molecule has 3 aromatic rings. The Morgan fingerprint density at radius 1 is 1.32 bits per heavy atom. The molecule has 0 spiro atoms. The van der Waals surface area contributed by atoms with Gasteiger partial charge >= 0.3 is 5.76 Å². The molecule has 0 radical (unpaired) electrons. The first-order valence-corrected chi connectivity index (χ1v) is 8.69. The zero-order valence-corrected chi connectivity index (χ0v) is 13.7. The van der Waals surface area contributed by atoms with Crippen LogP contribution in [0.15, 0.2) is 31.6 Å². The summed E-state index contributed by atoms with van der Waals surface area (Å²) in [6, 6.07) is 2.97. The molecule has 0 aliphatic heterocycles. The highest BCUT2D eigenvalue weighted by Crippen LogP contribution is 2.25. The van der Waals surface area contributed by atoms with E-state index in [0.29, 0.717) is 16.2 Å². The number of nitrogens with zero attached hydrogens (tertiary/aromatic N) is 2. The molecule has 0 saturated carbocycles. The van der Waals surface area contributed by atoms with E-state index in [-0.39, 0.29) is 10.5 Å². The van der Waals surface area contributed by atoms with Gasteiger partial charge in [0.1, 0.15) is 0 Å². The fourth-order valence-corrected chi connectivity index (χ4v) is 4.30. The molecule has 9 heteroatoms. The van der Waals surface area contributed by atoms with E-state index in [0.717, 1.165) is 5.69 Å². The molecule has 0 fully saturated rings. The molecule has 7 nitrogen and oxygen atoms in total. The van der Waals surface area contributed by atoms with Crippen LogP contribution in [0, 0.1) is 13.8 Å². The predicted octanol–water partition coefficient (Wildman–Crippen LogP) is 2.01. The SMILES string of the molecule is Cc1csc(NS(=O)(=O)c2cc3oc(=O)n(C)c3cc2C)n1. The number of oxazole rings is 1. The molecule has 0 bridgehead atoms. The van der Waals surface area contributed by atoms with Crippen LogP contribution in [0.4, 0.5) is 5.13 Å². The molecule has 116 valence electrons. The smallest absolute Gasteiger partial charge is 0.408 e. The highest BCUT2D eigenvalue weighted by Gasteiger charge is 2.21. The first-order valence-electron chi connectivity index (χ1n) is 6.33. The highest BCUT2D eigenvalue weighted by atomic mass is 32.2. The van der Waals surface area contributed by atoms with Crippen molar-refractivity contribution in [2.45, 2.75) is 18.7 Å². The average Bonchev–Trinajstić information content (AvgIpc) is 2.94. The number of sulfonamides is 1. The fraction of sp³-hybridized carbons (Fsp3) is 0.231. The van der Waals surface area contributed by atoms with Gasteiger partial charge in [-0.3, -0.25) is 9.29 Å². The second kappa shape index (κ2) is 4.96. The number of thiazole rings is 1. The molecule has 0 atom stereocenters. The van der Waals surface area contributed by atoms with Gasteiger partial charge in [0, 0.05) is 18.5 Å². The molecule has 0 saturated heterocycles. The van der Waals surface area contributed by atoms with Gasteiger partial charge in [0.25, 0.3) is 10.0 Å². The van der Waals surface area contributed by atoms with Crippen molar-refractivity contribution >= 4 is 37.6 Å².